The monoisotopic (exact) mass is 254 g/mol. The molecule has 0 atom stereocenters. The highest BCUT2D eigenvalue weighted by Crippen LogP contribution is 2.36. The van der Waals surface area contributed by atoms with Crippen LogP contribution >= 0.6 is 11.3 Å². The zero-order valence-electron chi connectivity index (χ0n) is 10.0. The molecule has 5 heteroatoms. The largest absolute Gasteiger partial charge is 0.396 e. The van der Waals surface area contributed by atoms with Crippen LogP contribution in [0.5, 0.6) is 0 Å². The molecule has 0 bridgehead atoms. The molecule has 1 amide bonds. The van der Waals surface area contributed by atoms with Crippen molar-refractivity contribution < 1.29 is 9.90 Å². The van der Waals surface area contributed by atoms with Gasteiger partial charge in [-0.2, -0.15) is 0 Å². The van der Waals surface area contributed by atoms with Crippen LogP contribution in [-0.2, 0) is 0 Å². The van der Waals surface area contributed by atoms with Crippen LogP contribution in [0.15, 0.2) is 5.38 Å². The number of aryl methyl sites for hydroxylation is 1. The van der Waals surface area contributed by atoms with Crippen molar-refractivity contribution in [3.8, 4) is 0 Å². The van der Waals surface area contributed by atoms with E-state index >= 15 is 0 Å². The Morgan fingerprint density at radius 3 is 2.82 bits per heavy atom. The highest BCUT2D eigenvalue weighted by atomic mass is 32.1. The summed E-state index contributed by atoms with van der Waals surface area (Å²) in [5.74, 6) is -0.130. The predicted molar refractivity (Wildman–Crippen MR) is 67.2 cm³/mol. The number of rotatable bonds is 4. The predicted octanol–water partition coefficient (Wildman–Crippen LogP) is 1.73. The highest BCUT2D eigenvalue weighted by molar-refractivity contribution is 7.09. The first kappa shape index (κ1) is 12.5. The summed E-state index contributed by atoms with van der Waals surface area (Å²) >= 11 is 1.47. The molecule has 1 fully saturated rings. The fraction of sp³-hybridized carbons (Fsp3) is 0.667. The fourth-order valence-electron chi connectivity index (χ4n) is 2.34. The van der Waals surface area contributed by atoms with Gasteiger partial charge in [-0.25, -0.2) is 4.98 Å². The van der Waals surface area contributed by atoms with Crippen LogP contribution in [0.2, 0.25) is 0 Å². The second-order valence-electron chi connectivity index (χ2n) is 4.80. The number of aliphatic hydroxyl groups excluding tert-OH is 1. The molecule has 1 heterocycles. The van der Waals surface area contributed by atoms with Crippen molar-refractivity contribution in [1.82, 2.24) is 10.3 Å². The van der Waals surface area contributed by atoms with Crippen molar-refractivity contribution >= 4 is 17.2 Å². The van der Waals surface area contributed by atoms with E-state index in [4.69, 9.17) is 0 Å². The molecule has 17 heavy (non-hydrogen) atoms. The number of hydrogen-bond donors (Lipinski definition) is 2. The molecule has 2 rings (SSSR count). The van der Waals surface area contributed by atoms with E-state index in [0.29, 0.717) is 12.2 Å². The van der Waals surface area contributed by atoms with Crippen LogP contribution in [0.4, 0.5) is 0 Å². The minimum absolute atomic E-state index is 0.0965. The third-order valence-electron chi connectivity index (χ3n) is 3.48. The molecule has 0 aliphatic heterocycles. The number of carbonyl (C=O) groups is 1. The lowest BCUT2D eigenvalue weighted by Gasteiger charge is -2.26. The molecule has 1 aromatic heterocycles. The summed E-state index contributed by atoms with van der Waals surface area (Å²) in [6, 6.07) is 0. The second-order valence-corrected chi connectivity index (χ2v) is 5.86. The van der Waals surface area contributed by atoms with E-state index in [1.54, 1.807) is 5.38 Å². The SMILES string of the molecule is Cc1nc(C(=O)NCC2(CO)CCCC2)cs1. The van der Waals surface area contributed by atoms with E-state index in [9.17, 15) is 9.90 Å². The van der Waals surface area contributed by atoms with E-state index in [0.717, 1.165) is 30.7 Å². The molecular weight excluding hydrogens is 236 g/mol. The maximum absolute atomic E-state index is 11.8. The van der Waals surface area contributed by atoms with Gasteiger partial charge in [-0.05, 0) is 19.8 Å². The smallest absolute Gasteiger partial charge is 0.270 e. The molecule has 0 unspecified atom stereocenters. The fourth-order valence-corrected chi connectivity index (χ4v) is 2.93. The highest BCUT2D eigenvalue weighted by Gasteiger charge is 2.33. The average molecular weight is 254 g/mol. The second kappa shape index (κ2) is 5.14. The Labute approximate surface area is 105 Å². The Morgan fingerprint density at radius 2 is 2.29 bits per heavy atom. The Morgan fingerprint density at radius 1 is 1.59 bits per heavy atom. The molecule has 1 aliphatic carbocycles. The van der Waals surface area contributed by atoms with Crippen molar-refractivity contribution in [3.05, 3.63) is 16.1 Å². The molecule has 1 aliphatic rings. The van der Waals surface area contributed by atoms with Crippen molar-refractivity contribution in [2.45, 2.75) is 32.6 Å². The Hall–Kier alpha value is -0.940. The molecule has 1 aromatic rings. The third kappa shape index (κ3) is 2.84. The summed E-state index contributed by atoms with van der Waals surface area (Å²) in [6.45, 7) is 2.59. The lowest BCUT2D eigenvalue weighted by molar-refractivity contribution is 0.0876. The van der Waals surface area contributed by atoms with Crippen molar-refractivity contribution in [2.24, 2.45) is 5.41 Å². The molecule has 0 radical (unpaired) electrons. The molecule has 2 N–H and O–H groups in total. The van der Waals surface area contributed by atoms with Gasteiger partial charge in [0.2, 0.25) is 0 Å². The number of aliphatic hydroxyl groups is 1. The Kier molecular flexibility index (Phi) is 3.79. The van der Waals surface area contributed by atoms with Gasteiger partial charge in [-0.3, -0.25) is 4.79 Å². The van der Waals surface area contributed by atoms with Gasteiger partial charge >= 0.3 is 0 Å². The maximum atomic E-state index is 11.8. The number of aromatic nitrogens is 1. The average Bonchev–Trinajstić information content (AvgIpc) is 2.95. The van der Waals surface area contributed by atoms with Gasteiger partial charge in [0.05, 0.1) is 11.6 Å². The van der Waals surface area contributed by atoms with E-state index < -0.39 is 0 Å². The molecular formula is C12H18N2O2S. The number of hydrogen-bond acceptors (Lipinski definition) is 4. The summed E-state index contributed by atoms with van der Waals surface area (Å²) < 4.78 is 0. The normalized spacial score (nSPS) is 18.2. The Bertz CT molecular complexity index is 397. The summed E-state index contributed by atoms with van der Waals surface area (Å²) in [7, 11) is 0. The van der Waals surface area contributed by atoms with Gasteiger partial charge in [0.15, 0.2) is 0 Å². The minimum atomic E-state index is -0.130. The summed E-state index contributed by atoms with van der Waals surface area (Å²) in [5.41, 5.74) is 0.388. The zero-order valence-corrected chi connectivity index (χ0v) is 10.8. The summed E-state index contributed by atoms with van der Waals surface area (Å²) in [5, 5.41) is 15.0. The standard InChI is InChI=1S/C12H18N2O2S/c1-9-14-10(6-17-9)11(16)13-7-12(8-15)4-2-3-5-12/h6,15H,2-5,7-8H2,1H3,(H,13,16). The first-order chi connectivity index (χ1) is 8.15. The van der Waals surface area contributed by atoms with Gasteiger partial charge in [0, 0.05) is 17.3 Å². The molecule has 0 saturated heterocycles. The molecule has 94 valence electrons. The molecule has 1 saturated carbocycles. The number of nitrogens with one attached hydrogen (secondary N) is 1. The van der Waals surface area contributed by atoms with Crippen LogP contribution in [-0.4, -0.2) is 29.1 Å². The van der Waals surface area contributed by atoms with Gasteiger partial charge in [0.25, 0.3) is 5.91 Å². The summed E-state index contributed by atoms with van der Waals surface area (Å²) in [6.07, 6.45) is 4.29. The molecule has 0 spiro atoms. The number of thiazole rings is 1. The van der Waals surface area contributed by atoms with Crippen molar-refractivity contribution in [3.63, 3.8) is 0 Å². The topological polar surface area (TPSA) is 62.2 Å². The van der Waals surface area contributed by atoms with Gasteiger partial charge < -0.3 is 10.4 Å². The quantitative estimate of drug-likeness (QED) is 0.860. The van der Waals surface area contributed by atoms with E-state index in [2.05, 4.69) is 10.3 Å². The van der Waals surface area contributed by atoms with Crippen LogP contribution in [0.3, 0.4) is 0 Å². The van der Waals surface area contributed by atoms with Crippen molar-refractivity contribution in [1.29, 1.82) is 0 Å². The Balaban J connectivity index is 1.91. The molecule has 0 aromatic carbocycles. The summed E-state index contributed by atoms with van der Waals surface area (Å²) in [4.78, 5) is 16.0. The van der Waals surface area contributed by atoms with Crippen LogP contribution in [0.1, 0.15) is 41.2 Å². The number of carbonyl (C=O) groups excluding carboxylic acids is 1. The maximum Gasteiger partial charge on any atom is 0.270 e. The third-order valence-corrected chi connectivity index (χ3v) is 4.25. The van der Waals surface area contributed by atoms with Gasteiger partial charge in [0.1, 0.15) is 5.69 Å². The van der Waals surface area contributed by atoms with Crippen LogP contribution in [0.25, 0.3) is 0 Å². The van der Waals surface area contributed by atoms with Gasteiger partial charge in [-0.15, -0.1) is 11.3 Å². The number of nitrogens with zero attached hydrogens (tertiary/aromatic N) is 1. The van der Waals surface area contributed by atoms with E-state index in [-0.39, 0.29) is 17.9 Å². The van der Waals surface area contributed by atoms with E-state index in [1.807, 2.05) is 6.92 Å². The first-order valence-electron chi connectivity index (χ1n) is 5.96. The zero-order chi connectivity index (χ0) is 12.3. The lowest BCUT2D eigenvalue weighted by atomic mass is 9.87. The van der Waals surface area contributed by atoms with Gasteiger partial charge in [-0.1, -0.05) is 12.8 Å². The first-order valence-corrected chi connectivity index (χ1v) is 6.84. The van der Waals surface area contributed by atoms with E-state index in [1.165, 1.54) is 11.3 Å². The van der Waals surface area contributed by atoms with Crippen molar-refractivity contribution in [2.75, 3.05) is 13.2 Å². The van der Waals surface area contributed by atoms with Crippen LogP contribution < -0.4 is 5.32 Å². The molecule has 4 nitrogen and oxygen atoms in total. The minimum Gasteiger partial charge on any atom is -0.396 e. The number of amides is 1. The lowest BCUT2D eigenvalue weighted by Crippen LogP contribution is -2.38. The van der Waals surface area contributed by atoms with Crippen LogP contribution in [0, 0.1) is 12.3 Å².